The SMILES string of the molecule is CCOc1ccc(/C(O)=C2/C(=O)C(=O)N(CCOC)C2c2ccc(OCc3ccc(F)cc3)cc2)cc1C(C)(C)C. The Hall–Kier alpha value is -4.17. The van der Waals surface area contributed by atoms with Crippen molar-refractivity contribution in [3.63, 3.8) is 0 Å². The Kier molecular flexibility index (Phi) is 9.13. The van der Waals surface area contributed by atoms with E-state index in [1.807, 2.05) is 33.8 Å². The van der Waals surface area contributed by atoms with E-state index in [0.29, 0.717) is 29.2 Å². The van der Waals surface area contributed by atoms with Gasteiger partial charge in [0.05, 0.1) is 24.8 Å². The van der Waals surface area contributed by atoms with Crippen molar-refractivity contribution in [1.29, 1.82) is 0 Å². The number of nitrogens with zero attached hydrogens (tertiary/aromatic N) is 1. The van der Waals surface area contributed by atoms with Crippen LogP contribution in [0.3, 0.4) is 0 Å². The molecule has 1 fully saturated rings. The third-order valence-corrected chi connectivity index (χ3v) is 6.95. The van der Waals surface area contributed by atoms with E-state index in [-0.39, 0.29) is 42.3 Å². The number of ether oxygens (including phenoxy) is 3. The summed E-state index contributed by atoms with van der Waals surface area (Å²) >= 11 is 0. The summed E-state index contributed by atoms with van der Waals surface area (Å²) < 4.78 is 30.0. The maximum absolute atomic E-state index is 13.4. The first-order chi connectivity index (χ1) is 19.5. The molecule has 0 aliphatic carbocycles. The lowest BCUT2D eigenvalue weighted by atomic mass is 9.84. The highest BCUT2D eigenvalue weighted by molar-refractivity contribution is 6.46. The topological polar surface area (TPSA) is 85.3 Å². The standard InChI is InChI=1S/C33H36FNO6/c1-6-40-27-16-11-23(19-26(27)33(2,3)4)30(36)28-29(35(17-18-39-5)32(38)31(28)37)22-9-14-25(15-10-22)41-20-21-7-12-24(34)13-8-21/h7-16,19,29,36H,6,17-18,20H2,1-5H3/b30-28-. The number of benzene rings is 3. The monoisotopic (exact) mass is 561 g/mol. The second kappa shape index (κ2) is 12.6. The largest absolute Gasteiger partial charge is 0.507 e. The molecule has 3 aromatic carbocycles. The molecule has 8 heteroatoms. The van der Waals surface area contributed by atoms with Crippen molar-refractivity contribution < 1.29 is 33.3 Å². The Bertz CT molecular complexity index is 1420. The van der Waals surface area contributed by atoms with Gasteiger partial charge < -0.3 is 24.2 Å². The van der Waals surface area contributed by atoms with Gasteiger partial charge in [0, 0.05) is 24.8 Å². The number of hydrogen-bond acceptors (Lipinski definition) is 6. The maximum atomic E-state index is 13.4. The summed E-state index contributed by atoms with van der Waals surface area (Å²) in [6.45, 7) is 9.15. The number of Topliss-reactive ketones (excluding diaryl/α,β-unsaturated/α-hetero) is 1. The number of aliphatic hydroxyl groups is 1. The lowest BCUT2D eigenvalue weighted by Crippen LogP contribution is -2.32. The van der Waals surface area contributed by atoms with E-state index < -0.39 is 17.7 Å². The van der Waals surface area contributed by atoms with E-state index >= 15 is 0 Å². The smallest absolute Gasteiger partial charge is 0.295 e. The molecule has 41 heavy (non-hydrogen) atoms. The van der Waals surface area contributed by atoms with Crippen LogP contribution in [0.15, 0.2) is 72.3 Å². The van der Waals surface area contributed by atoms with E-state index in [9.17, 15) is 19.1 Å². The molecule has 0 saturated carbocycles. The third kappa shape index (κ3) is 6.60. The van der Waals surface area contributed by atoms with Crippen LogP contribution in [0.1, 0.15) is 56.0 Å². The molecule has 1 aliphatic heterocycles. The lowest BCUT2D eigenvalue weighted by molar-refractivity contribution is -0.140. The quantitative estimate of drug-likeness (QED) is 0.181. The van der Waals surface area contributed by atoms with Gasteiger partial charge in [0.2, 0.25) is 0 Å². The molecule has 0 spiro atoms. The Morgan fingerprint density at radius 2 is 1.66 bits per heavy atom. The van der Waals surface area contributed by atoms with Crippen molar-refractivity contribution in [3.05, 3.63) is 100 Å². The normalized spacial score (nSPS) is 16.7. The van der Waals surface area contributed by atoms with Gasteiger partial charge >= 0.3 is 0 Å². The van der Waals surface area contributed by atoms with Crippen LogP contribution in [-0.2, 0) is 26.3 Å². The van der Waals surface area contributed by atoms with Crippen LogP contribution < -0.4 is 9.47 Å². The molecule has 3 aromatic rings. The maximum Gasteiger partial charge on any atom is 0.295 e. The average molecular weight is 562 g/mol. The first-order valence-electron chi connectivity index (χ1n) is 13.6. The zero-order valence-electron chi connectivity index (χ0n) is 24.1. The van der Waals surface area contributed by atoms with Crippen molar-refractivity contribution in [2.24, 2.45) is 0 Å². The Balaban J connectivity index is 1.72. The molecular weight excluding hydrogens is 525 g/mol. The van der Waals surface area contributed by atoms with Crippen molar-refractivity contribution in [2.45, 2.75) is 45.8 Å². The van der Waals surface area contributed by atoms with Gasteiger partial charge in [-0.25, -0.2) is 4.39 Å². The summed E-state index contributed by atoms with van der Waals surface area (Å²) in [5.74, 6) is -0.765. The summed E-state index contributed by atoms with van der Waals surface area (Å²) in [7, 11) is 1.52. The zero-order valence-corrected chi connectivity index (χ0v) is 24.1. The minimum atomic E-state index is -0.819. The number of hydrogen-bond donors (Lipinski definition) is 1. The minimum absolute atomic E-state index is 0.00935. The summed E-state index contributed by atoms with van der Waals surface area (Å²) in [5.41, 5.74) is 2.46. The lowest BCUT2D eigenvalue weighted by Gasteiger charge is -2.26. The predicted molar refractivity (Wildman–Crippen MR) is 154 cm³/mol. The molecule has 1 unspecified atom stereocenters. The number of amides is 1. The van der Waals surface area contributed by atoms with Crippen LogP contribution in [0.4, 0.5) is 4.39 Å². The number of likely N-dealkylation sites (tertiary alicyclic amines) is 1. The van der Waals surface area contributed by atoms with Crippen molar-refractivity contribution in [2.75, 3.05) is 26.9 Å². The van der Waals surface area contributed by atoms with Crippen molar-refractivity contribution >= 4 is 17.4 Å². The number of halogens is 1. The van der Waals surface area contributed by atoms with Crippen molar-refractivity contribution in [1.82, 2.24) is 4.90 Å². The molecule has 1 N–H and O–H groups in total. The molecule has 1 saturated heterocycles. The summed E-state index contributed by atoms with van der Waals surface area (Å²) in [4.78, 5) is 27.9. The predicted octanol–water partition coefficient (Wildman–Crippen LogP) is 6.17. The van der Waals surface area contributed by atoms with E-state index in [1.54, 1.807) is 48.5 Å². The van der Waals surface area contributed by atoms with Gasteiger partial charge in [-0.1, -0.05) is 45.0 Å². The summed E-state index contributed by atoms with van der Waals surface area (Å²) in [6, 6.07) is 17.5. The summed E-state index contributed by atoms with van der Waals surface area (Å²) in [6.07, 6.45) is 0. The molecule has 216 valence electrons. The third-order valence-electron chi connectivity index (χ3n) is 6.95. The highest BCUT2D eigenvalue weighted by Gasteiger charge is 2.46. The molecule has 0 aromatic heterocycles. The van der Waals surface area contributed by atoms with E-state index in [1.165, 1.54) is 24.1 Å². The number of ketones is 1. The van der Waals surface area contributed by atoms with E-state index in [4.69, 9.17) is 14.2 Å². The second-order valence-corrected chi connectivity index (χ2v) is 10.9. The van der Waals surface area contributed by atoms with Crippen LogP contribution in [-0.4, -0.2) is 48.6 Å². The van der Waals surface area contributed by atoms with Crippen LogP contribution in [0, 0.1) is 5.82 Å². The molecule has 1 amide bonds. The van der Waals surface area contributed by atoms with E-state index in [0.717, 1.165) is 11.1 Å². The molecule has 0 radical (unpaired) electrons. The highest BCUT2D eigenvalue weighted by atomic mass is 19.1. The number of rotatable bonds is 10. The highest BCUT2D eigenvalue weighted by Crippen LogP contribution is 2.41. The number of carbonyl (C=O) groups excluding carboxylic acids is 2. The molecule has 4 rings (SSSR count). The van der Waals surface area contributed by atoms with Gasteiger partial charge in [0.1, 0.15) is 29.7 Å². The Morgan fingerprint density at radius 3 is 2.27 bits per heavy atom. The minimum Gasteiger partial charge on any atom is -0.507 e. The fourth-order valence-electron chi connectivity index (χ4n) is 4.84. The molecular formula is C33H36FNO6. The Morgan fingerprint density at radius 1 is 0.976 bits per heavy atom. The average Bonchev–Trinajstić information content (AvgIpc) is 3.20. The molecule has 7 nitrogen and oxygen atoms in total. The van der Waals surface area contributed by atoms with Gasteiger partial charge in [0.15, 0.2) is 0 Å². The van der Waals surface area contributed by atoms with Gasteiger partial charge in [0.25, 0.3) is 11.7 Å². The fraction of sp³-hybridized carbons (Fsp3) is 0.333. The zero-order chi connectivity index (χ0) is 29.7. The molecule has 1 heterocycles. The first-order valence-corrected chi connectivity index (χ1v) is 13.6. The van der Waals surface area contributed by atoms with Crippen LogP contribution >= 0.6 is 0 Å². The number of methoxy groups -OCH3 is 1. The van der Waals surface area contributed by atoms with Crippen LogP contribution in [0.25, 0.3) is 5.76 Å². The molecule has 0 bridgehead atoms. The van der Waals surface area contributed by atoms with Gasteiger partial charge in [-0.05, 0) is 65.9 Å². The van der Waals surface area contributed by atoms with Gasteiger partial charge in [-0.3, -0.25) is 9.59 Å². The van der Waals surface area contributed by atoms with Crippen molar-refractivity contribution in [3.8, 4) is 11.5 Å². The second-order valence-electron chi connectivity index (χ2n) is 10.9. The molecule has 1 atom stereocenters. The summed E-state index contributed by atoms with van der Waals surface area (Å²) in [5, 5.41) is 11.5. The fourth-order valence-corrected chi connectivity index (χ4v) is 4.84. The van der Waals surface area contributed by atoms with Crippen LogP contribution in [0.2, 0.25) is 0 Å². The number of aliphatic hydroxyl groups excluding tert-OH is 1. The van der Waals surface area contributed by atoms with E-state index in [2.05, 4.69) is 0 Å². The van der Waals surface area contributed by atoms with Crippen LogP contribution in [0.5, 0.6) is 11.5 Å². The first kappa shape index (κ1) is 29.8. The number of carbonyl (C=O) groups is 2. The van der Waals surface area contributed by atoms with Gasteiger partial charge in [-0.2, -0.15) is 0 Å². The Labute approximate surface area is 240 Å². The molecule has 1 aliphatic rings. The van der Waals surface area contributed by atoms with Gasteiger partial charge in [-0.15, -0.1) is 0 Å².